The van der Waals surface area contributed by atoms with Crippen molar-refractivity contribution >= 4 is 17.3 Å². The Morgan fingerprint density at radius 1 is 1.44 bits per heavy atom. The Morgan fingerprint density at radius 2 is 2.17 bits per heavy atom. The van der Waals surface area contributed by atoms with Crippen molar-refractivity contribution in [3.8, 4) is 0 Å². The SMILES string of the molecule is Cc1cc(CC(O)c2ccc(Cl)cc2N)n(C)n1. The van der Waals surface area contributed by atoms with E-state index >= 15 is 0 Å². The summed E-state index contributed by atoms with van der Waals surface area (Å²) in [5, 5.41) is 15.0. The molecule has 0 aliphatic carbocycles. The van der Waals surface area contributed by atoms with Gasteiger partial charge in [0.05, 0.1) is 11.8 Å². The van der Waals surface area contributed by atoms with Crippen LogP contribution in [0.2, 0.25) is 5.02 Å². The number of aromatic nitrogens is 2. The van der Waals surface area contributed by atoms with E-state index in [0.29, 0.717) is 22.7 Å². The van der Waals surface area contributed by atoms with Crippen LogP contribution in [0.15, 0.2) is 24.3 Å². The molecule has 0 saturated carbocycles. The molecule has 1 aromatic carbocycles. The van der Waals surface area contributed by atoms with Crippen LogP contribution in [0.3, 0.4) is 0 Å². The number of aliphatic hydroxyl groups excluding tert-OH is 1. The van der Waals surface area contributed by atoms with Gasteiger partial charge in [-0.1, -0.05) is 17.7 Å². The monoisotopic (exact) mass is 265 g/mol. The Labute approximate surface area is 111 Å². The van der Waals surface area contributed by atoms with E-state index in [-0.39, 0.29) is 0 Å². The molecule has 1 heterocycles. The largest absolute Gasteiger partial charge is 0.398 e. The first kappa shape index (κ1) is 12.9. The molecule has 0 aliphatic rings. The molecular formula is C13H16ClN3O. The van der Waals surface area contributed by atoms with Crippen molar-refractivity contribution in [1.82, 2.24) is 9.78 Å². The maximum atomic E-state index is 10.2. The van der Waals surface area contributed by atoms with Gasteiger partial charge in [-0.05, 0) is 25.1 Å². The topological polar surface area (TPSA) is 64.1 Å². The first-order chi connectivity index (χ1) is 8.47. The van der Waals surface area contributed by atoms with Crippen molar-refractivity contribution in [1.29, 1.82) is 0 Å². The second-order valence-electron chi connectivity index (χ2n) is 4.39. The molecule has 18 heavy (non-hydrogen) atoms. The van der Waals surface area contributed by atoms with Gasteiger partial charge in [0.2, 0.25) is 0 Å². The number of aliphatic hydroxyl groups is 1. The summed E-state index contributed by atoms with van der Waals surface area (Å²) in [7, 11) is 1.86. The van der Waals surface area contributed by atoms with E-state index in [1.165, 1.54) is 0 Å². The molecule has 3 N–H and O–H groups in total. The summed E-state index contributed by atoms with van der Waals surface area (Å²) in [6, 6.07) is 7.08. The molecule has 1 unspecified atom stereocenters. The van der Waals surface area contributed by atoms with Crippen molar-refractivity contribution in [2.75, 3.05) is 5.73 Å². The third-order valence-electron chi connectivity index (χ3n) is 2.91. The number of nitrogens with two attached hydrogens (primary N) is 1. The summed E-state index contributed by atoms with van der Waals surface area (Å²) in [5.74, 6) is 0. The normalized spacial score (nSPS) is 12.7. The fourth-order valence-electron chi connectivity index (χ4n) is 2.01. The molecular weight excluding hydrogens is 250 g/mol. The summed E-state index contributed by atoms with van der Waals surface area (Å²) < 4.78 is 1.77. The molecule has 0 amide bonds. The van der Waals surface area contributed by atoms with Crippen LogP contribution in [0.4, 0.5) is 5.69 Å². The van der Waals surface area contributed by atoms with E-state index in [1.807, 2.05) is 20.0 Å². The zero-order valence-corrected chi connectivity index (χ0v) is 11.1. The number of hydrogen-bond donors (Lipinski definition) is 2. The number of benzene rings is 1. The van der Waals surface area contributed by atoms with E-state index in [2.05, 4.69) is 5.10 Å². The highest BCUT2D eigenvalue weighted by molar-refractivity contribution is 6.30. The number of nitrogen functional groups attached to an aromatic ring is 1. The molecule has 0 spiro atoms. The summed E-state index contributed by atoms with van der Waals surface area (Å²) in [5.41, 5.74) is 8.95. The molecule has 0 fully saturated rings. The molecule has 0 bridgehead atoms. The van der Waals surface area contributed by atoms with Crippen LogP contribution in [0.5, 0.6) is 0 Å². The molecule has 5 heteroatoms. The summed E-state index contributed by atoms with van der Waals surface area (Å²) in [4.78, 5) is 0. The number of halogens is 1. The molecule has 1 atom stereocenters. The maximum Gasteiger partial charge on any atom is 0.0865 e. The second-order valence-corrected chi connectivity index (χ2v) is 4.83. The van der Waals surface area contributed by atoms with Crippen molar-refractivity contribution in [3.63, 3.8) is 0 Å². The van der Waals surface area contributed by atoms with Gasteiger partial charge in [0.25, 0.3) is 0 Å². The van der Waals surface area contributed by atoms with Gasteiger partial charge in [-0.3, -0.25) is 4.68 Å². The predicted octanol–water partition coefficient (Wildman–Crippen LogP) is 2.24. The summed E-state index contributed by atoms with van der Waals surface area (Å²) >= 11 is 5.83. The van der Waals surface area contributed by atoms with Crippen LogP contribution < -0.4 is 5.73 Å². The van der Waals surface area contributed by atoms with Crippen molar-refractivity contribution < 1.29 is 5.11 Å². The highest BCUT2D eigenvalue weighted by atomic mass is 35.5. The molecule has 2 aromatic rings. The molecule has 1 aromatic heterocycles. The molecule has 4 nitrogen and oxygen atoms in total. The first-order valence-electron chi connectivity index (χ1n) is 5.70. The minimum absolute atomic E-state index is 0.475. The van der Waals surface area contributed by atoms with Crippen molar-refractivity contribution in [2.24, 2.45) is 7.05 Å². The number of anilines is 1. The average molecular weight is 266 g/mol. The van der Waals surface area contributed by atoms with Crippen LogP contribution in [0, 0.1) is 6.92 Å². The van der Waals surface area contributed by atoms with E-state index in [9.17, 15) is 5.11 Å². The molecule has 0 saturated heterocycles. The summed E-state index contributed by atoms with van der Waals surface area (Å²) in [6.07, 6.45) is -0.180. The fourth-order valence-corrected chi connectivity index (χ4v) is 2.19. The van der Waals surface area contributed by atoms with Crippen LogP contribution in [0.1, 0.15) is 23.1 Å². The average Bonchev–Trinajstić information content (AvgIpc) is 2.57. The predicted molar refractivity (Wildman–Crippen MR) is 72.5 cm³/mol. The lowest BCUT2D eigenvalue weighted by molar-refractivity contribution is 0.176. The van der Waals surface area contributed by atoms with Crippen molar-refractivity contribution in [3.05, 3.63) is 46.2 Å². The lowest BCUT2D eigenvalue weighted by Crippen LogP contribution is -2.08. The van der Waals surface area contributed by atoms with E-state index < -0.39 is 6.10 Å². The van der Waals surface area contributed by atoms with Gasteiger partial charge in [-0.15, -0.1) is 0 Å². The Balaban J connectivity index is 2.21. The van der Waals surface area contributed by atoms with Gasteiger partial charge >= 0.3 is 0 Å². The van der Waals surface area contributed by atoms with E-state index in [1.54, 1.807) is 22.9 Å². The van der Waals surface area contributed by atoms with Crippen LogP contribution in [-0.2, 0) is 13.5 Å². The Bertz CT molecular complexity index is 565. The maximum absolute atomic E-state index is 10.2. The van der Waals surface area contributed by atoms with Crippen LogP contribution in [0.25, 0.3) is 0 Å². The zero-order chi connectivity index (χ0) is 13.3. The van der Waals surface area contributed by atoms with E-state index in [0.717, 1.165) is 11.4 Å². The first-order valence-corrected chi connectivity index (χ1v) is 6.07. The molecule has 0 radical (unpaired) electrons. The Kier molecular flexibility index (Phi) is 3.59. The smallest absolute Gasteiger partial charge is 0.0865 e. The Hall–Kier alpha value is -1.52. The van der Waals surface area contributed by atoms with Crippen LogP contribution in [-0.4, -0.2) is 14.9 Å². The fraction of sp³-hybridized carbons (Fsp3) is 0.308. The Morgan fingerprint density at radius 3 is 2.72 bits per heavy atom. The molecule has 96 valence electrons. The van der Waals surface area contributed by atoms with Gasteiger partial charge in [0, 0.05) is 35.4 Å². The van der Waals surface area contributed by atoms with Gasteiger partial charge in [-0.2, -0.15) is 5.10 Å². The number of rotatable bonds is 3. The van der Waals surface area contributed by atoms with Crippen LogP contribution >= 0.6 is 11.6 Å². The van der Waals surface area contributed by atoms with Crippen molar-refractivity contribution in [2.45, 2.75) is 19.4 Å². The minimum atomic E-state index is -0.655. The minimum Gasteiger partial charge on any atom is -0.398 e. The molecule has 2 rings (SSSR count). The second kappa shape index (κ2) is 5.00. The van der Waals surface area contributed by atoms with Gasteiger partial charge in [0.1, 0.15) is 0 Å². The van der Waals surface area contributed by atoms with Gasteiger partial charge in [0.15, 0.2) is 0 Å². The standard InChI is InChI=1S/C13H16ClN3O/c1-8-5-10(17(2)16-8)7-13(18)11-4-3-9(14)6-12(11)15/h3-6,13,18H,7,15H2,1-2H3. The lowest BCUT2D eigenvalue weighted by atomic mass is 10.0. The highest BCUT2D eigenvalue weighted by Gasteiger charge is 2.14. The third kappa shape index (κ3) is 2.66. The zero-order valence-electron chi connectivity index (χ0n) is 10.4. The highest BCUT2D eigenvalue weighted by Crippen LogP contribution is 2.26. The quantitative estimate of drug-likeness (QED) is 0.837. The molecule has 0 aliphatic heterocycles. The summed E-state index contributed by atoms with van der Waals surface area (Å²) in [6.45, 7) is 1.92. The van der Waals surface area contributed by atoms with Gasteiger partial charge in [-0.25, -0.2) is 0 Å². The van der Waals surface area contributed by atoms with E-state index in [4.69, 9.17) is 17.3 Å². The number of hydrogen-bond acceptors (Lipinski definition) is 3. The van der Waals surface area contributed by atoms with Gasteiger partial charge < -0.3 is 10.8 Å². The number of aryl methyl sites for hydroxylation is 2. The third-order valence-corrected chi connectivity index (χ3v) is 3.14. The number of nitrogens with zero attached hydrogens (tertiary/aromatic N) is 2. The lowest BCUT2D eigenvalue weighted by Gasteiger charge is -2.13.